The second-order valence-electron chi connectivity index (χ2n) is 6.05. The molecule has 3 rings (SSSR count). The minimum Gasteiger partial charge on any atom is -0.309 e. The largest absolute Gasteiger partial charge is 0.345 e. The number of carbonyl (C=O) groups excluding carboxylic acids is 2. The topological polar surface area (TPSA) is 74.3 Å². The van der Waals surface area contributed by atoms with Crippen molar-refractivity contribution >= 4 is 11.9 Å². The summed E-state index contributed by atoms with van der Waals surface area (Å²) in [5, 5.41) is 1.36. The molecule has 2 atom stereocenters. The quantitative estimate of drug-likeness (QED) is 0.688. The van der Waals surface area contributed by atoms with Crippen LogP contribution in [0.15, 0.2) is 0 Å². The third-order valence-corrected chi connectivity index (χ3v) is 4.45. The molecule has 2 bridgehead atoms. The first kappa shape index (κ1) is 14.6. The molecule has 1 N–H and O–H groups in total. The highest BCUT2D eigenvalue weighted by Crippen LogP contribution is 2.29. The second kappa shape index (κ2) is 5.78. The fraction of sp³-hybridized carbons (Fsp3) is 0.846. The van der Waals surface area contributed by atoms with Gasteiger partial charge in [-0.3, -0.25) is 14.5 Å². The van der Waals surface area contributed by atoms with Crippen molar-refractivity contribution in [2.45, 2.75) is 24.9 Å². The van der Waals surface area contributed by atoms with Gasteiger partial charge in [-0.25, -0.2) is 10.3 Å². The van der Waals surface area contributed by atoms with Crippen LogP contribution in [-0.4, -0.2) is 79.3 Å². The van der Waals surface area contributed by atoms with E-state index in [9.17, 15) is 9.59 Å². The predicted octanol–water partition coefficient (Wildman–Crippen LogP) is -0.574. The number of carbonyl (C=O) groups is 2. The first-order chi connectivity index (χ1) is 10.1. The van der Waals surface area contributed by atoms with E-state index in [1.165, 1.54) is 12.2 Å². The smallest absolute Gasteiger partial charge is 0.309 e. The van der Waals surface area contributed by atoms with Crippen molar-refractivity contribution in [1.82, 2.24) is 20.3 Å². The summed E-state index contributed by atoms with van der Waals surface area (Å²) in [6, 6.07) is -0.642. The van der Waals surface area contributed by atoms with Gasteiger partial charge in [-0.05, 0) is 19.9 Å². The van der Waals surface area contributed by atoms with E-state index in [0.717, 1.165) is 19.5 Å². The van der Waals surface area contributed by atoms with E-state index in [-0.39, 0.29) is 18.0 Å². The molecule has 3 aliphatic rings. The van der Waals surface area contributed by atoms with Crippen molar-refractivity contribution in [2.75, 3.05) is 40.4 Å². The zero-order valence-electron chi connectivity index (χ0n) is 12.4. The van der Waals surface area contributed by atoms with Crippen LogP contribution >= 0.6 is 0 Å². The lowest BCUT2D eigenvalue weighted by Gasteiger charge is -2.35. The van der Waals surface area contributed by atoms with E-state index in [4.69, 9.17) is 9.68 Å². The van der Waals surface area contributed by atoms with Gasteiger partial charge in [0.2, 0.25) is 0 Å². The van der Waals surface area contributed by atoms with Crippen molar-refractivity contribution in [2.24, 2.45) is 5.92 Å². The van der Waals surface area contributed by atoms with Crippen LogP contribution in [-0.2, 0) is 14.5 Å². The molecule has 21 heavy (non-hydrogen) atoms. The first-order valence-corrected chi connectivity index (χ1v) is 7.34. The van der Waals surface area contributed by atoms with Crippen molar-refractivity contribution in [1.29, 1.82) is 0 Å². The fourth-order valence-electron chi connectivity index (χ4n) is 3.37. The SMILES string of the molecule is CON1C(=O)N2C[C@H]1CC[C@H]2C(=O)NOCC1CN(C)C1. The van der Waals surface area contributed by atoms with Crippen molar-refractivity contribution < 1.29 is 19.3 Å². The van der Waals surface area contributed by atoms with Crippen molar-refractivity contribution in [3.8, 4) is 0 Å². The maximum Gasteiger partial charge on any atom is 0.345 e. The van der Waals surface area contributed by atoms with E-state index in [1.54, 1.807) is 4.90 Å². The molecule has 3 aliphatic heterocycles. The molecular formula is C13H22N4O4. The van der Waals surface area contributed by atoms with Gasteiger partial charge >= 0.3 is 6.03 Å². The molecular weight excluding hydrogens is 276 g/mol. The minimum atomic E-state index is -0.460. The molecule has 3 fully saturated rings. The van der Waals surface area contributed by atoms with Crippen LogP contribution in [0.4, 0.5) is 4.79 Å². The maximum absolute atomic E-state index is 12.2. The summed E-state index contributed by atoms with van der Waals surface area (Å²) in [5.41, 5.74) is 2.49. The number of urea groups is 1. The zero-order chi connectivity index (χ0) is 15.0. The molecule has 8 heteroatoms. The molecule has 0 unspecified atom stereocenters. The van der Waals surface area contributed by atoms with Gasteiger partial charge in [0, 0.05) is 25.6 Å². The van der Waals surface area contributed by atoms with Crippen molar-refractivity contribution in [3.05, 3.63) is 0 Å². The summed E-state index contributed by atoms with van der Waals surface area (Å²) in [4.78, 5) is 38.4. The lowest BCUT2D eigenvalue weighted by Crippen LogP contribution is -2.51. The molecule has 8 nitrogen and oxygen atoms in total. The van der Waals surface area contributed by atoms with Crippen LogP contribution in [0.25, 0.3) is 0 Å². The molecule has 0 aromatic rings. The molecule has 0 spiro atoms. The highest BCUT2D eigenvalue weighted by molar-refractivity contribution is 5.87. The molecule has 0 aromatic carbocycles. The predicted molar refractivity (Wildman–Crippen MR) is 72.8 cm³/mol. The number of hydrogen-bond acceptors (Lipinski definition) is 5. The highest BCUT2D eigenvalue weighted by atomic mass is 16.7. The van der Waals surface area contributed by atoms with Gasteiger partial charge in [-0.2, -0.15) is 5.06 Å². The Morgan fingerprint density at radius 1 is 1.33 bits per heavy atom. The zero-order valence-corrected chi connectivity index (χ0v) is 12.4. The van der Waals surface area contributed by atoms with Gasteiger partial charge in [0.05, 0.1) is 19.8 Å². The molecule has 0 aliphatic carbocycles. The number of nitrogens with zero attached hydrogens (tertiary/aromatic N) is 3. The number of fused-ring (bicyclic) bond motifs is 2. The number of piperidine rings is 1. The first-order valence-electron chi connectivity index (χ1n) is 7.34. The third kappa shape index (κ3) is 2.70. The van der Waals surface area contributed by atoms with Crippen LogP contribution in [0, 0.1) is 5.92 Å². The molecule has 3 heterocycles. The average molecular weight is 298 g/mol. The molecule has 0 aromatic heterocycles. The normalized spacial score (nSPS) is 29.7. The van der Waals surface area contributed by atoms with E-state index in [0.29, 0.717) is 25.5 Å². The molecule has 3 amide bonds. The molecule has 0 saturated carbocycles. The van der Waals surface area contributed by atoms with Gasteiger partial charge < -0.3 is 9.80 Å². The Hall–Kier alpha value is -1.38. The van der Waals surface area contributed by atoms with Crippen LogP contribution < -0.4 is 5.48 Å². The number of hydroxylamine groups is 3. The molecule has 3 saturated heterocycles. The van der Waals surface area contributed by atoms with Gasteiger partial charge in [0.1, 0.15) is 6.04 Å². The van der Waals surface area contributed by atoms with Crippen LogP contribution in [0.3, 0.4) is 0 Å². The Morgan fingerprint density at radius 3 is 2.76 bits per heavy atom. The van der Waals surface area contributed by atoms with Gasteiger partial charge in [-0.1, -0.05) is 0 Å². The van der Waals surface area contributed by atoms with Crippen LogP contribution in [0.5, 0.6) is 0 Å². The Bertz CT molecular complexity index is 426. The molecule has 0 radical (unpaired) electrons. The lowest BCUT2D eigenvalue weighted by atomic mass is 10.0. The average Bonchev–Trinajstić information content (AvgIpc) is 2.68. The van der Waals surface area contributed by atoms with Gasteiger partial charge in [-0.15, -0.1) is 0 Å². The molecule has 118 valence electrons. The van der Waals surface area contributed by atoms with E-state index < -0.39 is 6.04 Å². The maximum atomic E-state index is 12.2. The van der Waals surface area contributed by atoms with Gasteiger partial charge in [0.15, 0.2) is 0 Å². The highest BCUT2D eigenvalue weighted by Gasteiger charge is 2.47. The number of hydrogen-bond donors (Lipinski definition) is 1. The lowest BCUT2D eigenvalue weighted by molar-refractivity contribution is -0.141. The Labute approximate surface area is 123 Å². The van der Waals surface area contributed by atoms with Gasteiger partial charge in [0.25, 0.3) is 5.91 Å². The van der Waals surface area contributed by atoms with E-state index >= 15 is 0 Å². The number of likely N-dealkylation sites (tertiary alicyclic amines) is 1. The second-order valence-corrected chi connectivity index (χ2v) is 6.05. The Kier molecular flexibility index (Phi) is 4.01. The number of rotatable bonds is 5. The summed E-state index contributed by atoms with van der Waals surface area (Å²) >= 11 is 0. The summed E-state index contributed by atoms with van der Waals surface area (Å²) in [6.45, 7) is 3.05. The number of nitrogens with one attached hydrogen (secondary N) is 1. The van der Waals surface area contributed by atoms with E-state index in [2.05, 4.69) is 10.4 Å². The van der Waals surface area contributed by atoms with Crippen LogP contribution in [0.2, 0.25) is 0 Å². The van der Waals surface area contributed by atoms with E-state index in [1.807, 2.05) is 7.05 Å². The minimum absolute atomic E-state index is 0.0537. The monoisotopic (exact) mass is 298 g/mol. The van der Waals surface area contributed by atoms with Crippen molar-refractivity contribution in [3.63, 3.8) is 0 Å². The Balaban J connectivity index is 1.48. The summed E-state index contributed by atoms with van der Waals surface area (Å²) in [6.07, 6.45) is 1.40. The summed E-state index contributed by atoms with van der Waals surface area (Å²) in [7, 11) is 3.53. The summed E-state index contributed by atoms with van der Waals surface area (Å²) < 4.78 is 0. The standard InChI is InChI=1S/C13H22N4O4/c1-15-5-9(6-15)8-21-14-12(18)11-4-3-10-7-16(11)13(19)17(10)20-2/h9-11H,3-8H2,1-2H3,(H,14,18)/t10-,11+/m1/s1. The third-order valence-electron chi connectivity index (χ3n) is 4.45. The Morgan fingerprint density at radius 2 is 2.10 bits per heavy atom. The summed E-state index contributed by atoms with van der Waals surface area (Å²) in [5.74, 6) is 0.232. The van der Waals surface area contributed by atoms with Crippen LogP contribution in [0.1, 0.15) is 12.8 Å². The number of amides is 3. The fourth-order valence-corrected chi connectivity index (χ4v) is 3.37.